The van der Waals surface area contributed by atoms with Gasteiger partial charge in [0.2, 0.25) is 0 Å². The van der Waals surface area contributed by atoms with Crippen LogP contribution in [0.5, 0.6) is 5.75 Å². The molecule has 3 nitrogen and oxygen atoms in total. The van der Waals surface area contributed by atoms with E-state index in [-0.39, 0.29) is 6.10 Å². The van der Waals surface area contributed by atoms with Crippen LogP contribution in [0.1, 0.15) is 30.7 Å². The molecule has 116 valence electrons. The second-order valence-corrected chi connectivity index (χ2v) is 7.23. The van der Waals surface area contributed by atoms with Crippen molar-refractivity contribution in [2.75, 3.05) is 11.4 Å². The minimum Gasteiger partial charge on any atom is -0.491 e. The van der Waals surface area contributed by atoms with Gasteiger partial charge >= 0.3 is 0 Å². The molecule has 0 aliphatic carbocycles. The lowest BCUT2D eigenvalue weighted by molar-refractivity contribution is 0.242. The highest BCUT2D eigenvalue weighted by atomic mass is 127. The molecule has 0 saturated heterocycles. The number of pyridine rings is 1. The summed E-state index contributed by atoms with van der Waals surface area (Å²) in [6, 6.07) is 8.49. The van der Waals surface area contributed by atoms with Gasteiger partial charge in [0, 0.05) is 27.1 Å². The molecule has 0 saturated carbocycles. The number of aromatic nitrogens is 1. The molecule has 0 N–H and O–H groups in total. The number of hydrogen-bond donors (Lipinski definition) is 0. The number of fused-ring (bicyclic) bond motifs is 1. The Labute approximate surface area is 145 Å². The summed E-state index contributed by atoms with van der Waals surface area (Å²) in [5.74, 6) is 2.05. The average molecular weight is 408 g/mol. The normalized spacial score (nSPS) is 13.6. The number of hydrogen-bond acceptors (Lipinski definition) is 3. The van der Waals surface area contributed by atoms with Gasteiger partial charge in [0.25, 0.3) is 0 Å². The fourth-order valence-electron chi connectivity index (χ4n) is 2.94. The lowest BCUT2D eigenvalue weighted by Gasteiger charge is -2.22. The zero-order chi connectivity index (χ0) is 15.9. The number of aryl methyl sites for hydroxylation is 2. The van der Waals surface area contributed by atoms with Crippen molar-refractivity contribution >= 4 is 34.1 Å². The Balaban J connectivity index is 1.98. The second kappa shape index (κ2) is 6.07. The van der Waals surface area contributed by atoms with Crippen molar-refractivity contribution in [3.05, 3.63) is 44.7 Å². The Morgan fingerprint density at radius 3 is 2.68 bits per heavy atom. The maximum Gasteiger partial charge on any atom is 0.137 e. The Hall–Kier alpha value is -1.30. The first-order valence-electron chi connectivity index (χ1n) is 7.66. The molecule has 2 heterocycles. The number of benzene rings is 1. The zero-order valence-electron chi connectivity index (χ0n) is 13.5. The fourth-order valence-corrected chi connectivity index (χ4v) is 3.90. The van der Waals surface area contributed by atoms with Crippen LogP contribution in [0.3, 0.4) is 0 Å². The summed E-state index contributed by atoms with van der Waals surface area (Å²) in [5, 5.41) is 0. The molecule has 0 amide bonds. The highest BCUT2D eigenvalue weighted by molar-refractivity contribution is 14.1. The van der Waals surface area contributed by atoms with E-state index in [9.17, 15) is 0 Å². The average Bonchev–Trinajstić information content (AvgIpc) is 2.82. The number of halogens is 1. The monoisotopic (exact) mass is 408 g/mol. The van der Waals surface area contributed by atoms with E-state index < -0.39 is 0 Å². The highest BCUT2D eigenvalue weighted by Crippen LogP contribution is 2.38. The molecule has 4 heteroatoms. The van der Waals surface area contributed by atoms with Gasteiger partial charge in [-0.3, -0.25) is 0 Å². The third kappa shape index (κ3) is 2.93. The third-order valence-corrected chi connectivity index (χ3v) is 4.81. The molecular weight excluding hydrogens is 387 g/mol. The van der Waals surface area contributed by atoms with Crippen LogP contribution >= 0.6 is 22.6 Å². The summed E-state index contributed by atoms with van der Waals surface area (Å²) in [7, 11) is 0. The molecule has 0 unspecified atom stereocenters. The van der Waals surface area contributed by atoms with Crippen LogP contribution in [0, 0.1) is 17.4 Å². The Kier molecular flexibility index (Phi) is 4.30. The van der Waals surface area contributed by atoms with Crippen molar-refractivity contribution in [1.82, 2.24) is 4.98 Å². The summed E-state index contributed by atoms with van der Waals surface area (Å²) >= 11 is 2.42. The van der Waals surface area contributed by atoms with Crippen LogP contribution in [0.2, 0.25) is 0 Å². The highest BCUT2D eigenvalue weighted by Gasteiger charge is 2.25. The molecule has 3 rings (SSSR count). The molecule has 0 bridgehead atoms. The van der Waals surface area contributed by atoms with Gasteiger partial charge in [0.05, 0.1) is 6.10 Å². The third-order valence-electron chi connectivity index (χ3n) is 3.85. The van der Waals surface area contributed by atoms with E-state index in [1.807, 2.05) is 0 Å². The van der Waals surface area contributed by atoms with Gasteiger partial charge in [0.1, 0.15) is 11.6 Å². The first-order chi connectivity index (χ1) is 10.5. The fraction of sp³-hybridized carbons (Fsp3) is 0.389. The molecule has 0 radical (unpaired) electrons. The summed E-state index contributed by atoms with van der Waals surface area (Å²) in [6.45, 7) is 9.29. The SMILES string of the molecule is Cc1cc(I)c2c(n1)N(c1ccc(OC(C)C)cc1C)CC2. The topological polar surface area (TPSA) is 25.4 Å². The molecule has 0 spiro atoms. The maximum absolute atomic E-state index is 5.79. The van der Waals surface area contributed by atoms with Crippen molar-refractivity contribution in [2.45, 2.75) is 40.2 Å². The minimum absolute atomic E-state index is 0.198. The van der Waals surface area contributed by atoms with Crippen LogP contribution in [0.15, 0.2) is 24.3 Å². The molecule has 1 aliphatic heterocycles. The van der Waals surface area contributed by atoms with Gasteiger partial charge in [-0.1, -0.05) is 0 Å². The summed E-state index contributed by atoms with van der Waals surface area (Å²) < 4.78 is 7.10. The van der Waals surface area contributed by atoms with Crippen LogP contribution in [-0.2, 0) is 6.42 Å². The van der Waals surface area contributed by atoms with E-state index >= 15 is 0 Å². The Morgan fingerprint density at radius 2 is 2.00 bits per heavy atom. The molecule has 1 aromatic carbocycles. The predicted octanol–water partition coefficient (Wildman–Crippen LogP) is 4.78. The molecule has 1 aliphatic rings. The zero-order valence-corrected chi connectivity index (χ0v) is 15.6. The lowest BCUT2D eigenvalue weighted by atomic mass is 10.1. The number of nitrogens with zero attached hydrogens (tertiary/aromatic N) is 2. The molecule has 0 atom stereocenters. The van der Waals surface area contributed by atoms with Crippen LogP contribution in [0.25, 0.3) is 0 Å². The smallest absolute Gasteiger partial charge is 0.137 e. The number of ether oxygens (including phenoxy) is 1. The Bertz CT molecular complexity index is 712. The first kappa shape index (κ1) is 15.6. The van der Waals surface area contributed by atoms with Crippen molar-refractivity contribution in [2.24, 2.45) is 0 Å². The van der Waals surface area contributed by atoms with E-state index in [0.29, 0.717) is 0 Å². The maximum atomic E-state index is 5.79. The van der Waals surface area contributed by atoms with Gasteiger partial charge in [-0.2, -0.15) is 0 Å². The van der Waals surface area contributed by atoms with Crippen molar-refractivity contribution in [3.8, 4) is 5.75 Å². The van der Waals surface area contributed by atoms with E-state index in [0.717, 1.165) is 30.2 Å². The number of anilines is 2. The van der Waals surface area contributed by atoms with E-state index in [1.54, 1.807) is 0 Å². The Morgan fingerprint density at radius 1 is 1.23 bits per heavy atom. The van der Waals surface area contributed by atoms with E-state index in [1.165, 1.54) is 20.4 Å². The second-order valence-electron chi connectivity index (χ2n) is 6.06. The van der Waals surface area contributed by atoms with Gasteiger partial charge in [-0.15, -0.1) is 0 Å². The molecule has 1 aromatic heterocycles. The standard InChI is InChI=1S/C18H21IN2O/c1-11(2)22-14-5-6-17(12(3)9-14)21-8-7-15-16(19)10-13(4)20-18(15)21/h5-6,9-11H,7-8H2,1-4H3. The largest absolute Gasteiger partial charge is 0.491 e. The van der Waals surface area contributed by atoms with Crippen molar-refractivity contribution in [3.63, 3.8) is 0 Å². The molecule has 22 heavy (non-hydrogen) atoms. The van der Waals surface area contributed by atoms with E-state index in [2.05, 4.69) is 79.5 Å². The molecular formula is C18H21IN2O. The minimum atomic E-state index is 0.198. The van der Waals surface area contributed by atoms with Gasteiger partial charge in [-0.25, -0.2) is 4.98 Å². The van der Waals surface area contributed by atoms with Crippen LogP contribution in [0.4, 0.5) is 11.5 Å². The molecule has 2 aromatic rings. The summed E-state index contributed by atoms with van der Waals surface area (Å²) in [6.07, 6.45) is 1.26. The van der Waals surface area contributed by atoms with Crippen molar-refractivity contribution in [1.29, 1.82) is 0 Å². The molecule has 0 fully saturated rings. The number of rotatable bonds is 3. The predicted molar refractivity (Wildman–Crippen MR) is 99.3 cm³/mol. The quantitative estimate of drug-likeness (QED) is 0.684. The van der Waals surface area contributed by atoms with Gasteiger partial charge in [-0.05, 0) is 86.5 Å². The van der Waals surface area contributed by atoms with E-state index in [4.69, 9.17) is 9.72 Å². The summed E-state index contributed by atoms with van der Waals surface area (Å²) in [5.41, 5.74) is 4.90. The van der Waals surface area contributed by atoms with Gasteiger partial charge < -0.3 is 9.64 Å². The van der Waals surface area contributed by atoms with Crippen LogP contribution in [-0.4, -0.2) is 17.6 Å². The summed E-state index contributed by atoms with van der Waals surface area (Å²) in [4.78, 5) is 7.11. The van der Waals surface area contributed by atoms with Crippen LogP contribution < -0.4 is 9.64 Å². The van der Waals surface area contributed by atoms with Crippen molar-refractivity contribution < 1.29 is 4.74 Å². The van der Waals surface area contributed by atoms with Gasteiger partial charge in [0.15, 0.2) is 0 Å². The first-order valence-corrected chi connectivity index (χ1v) is 8.74. The lowest BCUT2D eigenvalue weighted by Crippen LogP contribution is -2.16.